The van der Waals surface area contributed by atoms with Crippen LogP contribution >= 0.6 is 37.2 Å². The second-order valence-corrected chi connectivity index (χ2v) is 11.6. The number of aliphatic hydroxyl groups is 3. The minimum atomic E-state index is -2.64. The Bertz CT molecular complexity index is 1360. The number of ketones is 2. The van der Waals surface area contributed by atoms with Crippen LogP contribution in [0.3, 0.4) is 0 Å². The Morgan fingerprint density at radius 2 is 1.67 bits per heavy atom. The summed E-state index contributed by atoms with van der Waals surface area (Å²) >= 11 is 0. The maximum atomic E-state index is 14.0. The number of aromatic hydroxyl groups is 1. The van der Waals surface area contributed by atoms with Crippen LogP contribution in [0.15, 0.2) is 23.0 Å². The number of benzene rings is 1. The number of halogens is 3. The van der Waals surface area contributed by atoms with Crippen LogP contribution in [0.1, 0.15) is 36.0 Å². The molecule has 5 rings (SSSR count). The van der Waals surface area contributed by atoms with Crippen LogP contribution < -0.4 is 10.6 Å². The number of hydrogen-bond acceptors (Lipinski definition) is 10. The number of anilines is 1. The van der Waals surface area contributed by atoms with Crippen molar-refractivity contribution >= 4 is 66.1 Å². The van der Waals surface area contributed by atoms with Crippen molar-refractivity contribution in [1.29, 1.82) is 0 Å². The fourth-order valence-electron chi connectivity index (χ4n) is 7.23. The van der Waals surface area contributed by atoms with Gasteiger partial charge in [-0.3, -0.25) is 24.2 Å². The summed E-state index contributed by atoms with van der Waals surface area (Å²) < 4.78 is 0. The van der Waals surface area contributed by atoms with Gasteiger partial charge >= 0.3 is 0 Å². The van der Waals surface area contributed by atoms with Crippen LogP contribution in [0.4, 0.5) is 5.69 Å². The molecule has 0 unspecified atom stereocenters. The van der Waals surface area contributed by atoms with Crippen molar-refractivity contribution in [3.8, 4) is 5.75 Å². The predicted octanol–water partition coefficient (Wildman–Crippen LogP) is 1.89. The molecule has 4 aliphatic rings. The smallest absolute Gasteiger partial charge is 0.255 e. The normalized spacial score (nSPS) is 27.0. The lowest BCUT2D eigenvalue weighted by atomic mass is 9.57. The van der Waals surface area contributed by atoms with Gasteiger partial charge in [-0.2, -0.15) is 0 Å². The second-order valence-electron chi connectivity index (χ2n) is 11.6. The molecule has 4 atom stereocenters. The zero-order valence-electron chi connectivity index (χ0n) is 23.9. The number of Topliss-reactive ketones (excluding diaryl/α,β-unsaturated/α-hetero) is 2. The van der Waals surface area contributed by atoms with Gasteiger partial charge in [-0.25, -0.2) is 0 Å². The number of fused-ring (bicyclic) bond motifs is 3. The Balaban J connectivity index is 0.00000205. The second kappa shape index (κ2) is 12.6. The third-order valence-electron chi connectivity index (χ3n) is 8.81. The van der Waals surface area contributed by atoms with Crippen molar-refractivity contribution in [2.45, 2.75) is 43.9 Å². The number of nitrogens with two attached hydrogens (primary N) is 1. The monoisotopic (exact) mass is 648 g/mol. The van der Waals surface area contributed by atoms with E-state index >= 15 is 0 Å². The number of phenols is 1. The first kappa shape index (κ1) is 35.7. The number of aliphatic hydroxyl groups excluding tert-OH is 2. The zero-order chi connectivity index (χ0) is 28.5. The highest BCUT2D eigenvalue weighted by Crippen LogP contribution is 2.54. The molecule has 1 aromatic carbocycles. The molecule has 0 radical (unpaired) electrons. The summed E-state index contributed by atoms with van der Waals surface area (Å²) in [5.41, 5.74) is 4.31. The summed E-state index contributed by atoms with van der Waals surface area (Å²) in [6.07, 6.45) is 2.55. The summed E-state index contributed by atoms with van der Waals surface area (Å²) in [6.45, 7) is 2.55. The van der Waals surface area contributed by atoms with E-state index in [1.807, 2.05) is 19.0 Å². The summed E-state index contributed by atoms with van der Waals surface area (Å²) in [6, 6.07) is 0.504. The summed E-state index contributed by atoms with van der Waals surface area (Å²) in [5.74, 6) is -6.46. The number of phenolic OH excluding ortho intramolecular Hbond substituents is 1. The quantitative estimate of drug-likeness (QED) is 0.297. The van der Waals surface area contributed by atoms with Gasteiger partial charge in [-0.05, 0) is 76.0 Å². The van der Waals surface area contributed by atoms with E-state index in [9.17, 15) is 34.8 Å². The molecule has 3 aliphatic carbocycles. The maximum absolute atomic E-state index is 14.0. The maximum Gasteiger partial charge on any atom is 0.255 e. The van der Waals surface area contributed by atoms with Crippen molar-refractivity contribution in [3.63, 3.8) is 0 Å². The average Bonchev–Trinajstić information content (AvgIpc) is 3.33. The van der Waals surface area contributed by atoms with E-state index in [0.29, 0.717) is 12.1 Å². The third kappa shape index (κ3) is 5.14. The number of carbonyl (C=O) groups is 3. The number of carbonyl (C=O) groups excluding carboxylic acids is 3. The van der Waals surface area contributed by atoms with Gasteiger partial charge < -0.3 is 31.1 Å². The van der Waals surface area contributed by atoms with Crippen molar-refractivity contribution in [2.24, 2.45) is 17.6 Å². The largest absolute Gasteiger partial charge is 0.508 e. The lowest BCUT2D eigenvalue weighted by molar-refractivity contribution is -0.153. The van der Waals surface area contributed by atoms with Gasteiger partial charge in [0, 0.05) is 37.8 Å². The Kier molecular flexibility index (Phi) is 10.7. The lowest BCUT2D eigenvalue weighted by Gasteiger charge is -2.50. The third-order valence-corrected chi connectivity index (χ3v) is 8.81. The van der Waals surface area contributed by atoms with Crippen LogP contribution in [0.25, 0.3) is 5.76 Å². The van der Waals surface area contributed by atoms with Gasteiger partial charge in [0.15, 0.2) is 11.4 Å². The van der Waals surface area contributed by atoms with E-state index < -0.39 is 58.0 Å². The van der Waals surface area contributed by atoms with Gasteiger partial charge in [0.05, 0.1) is 11.6 Å². The van der Waals surface area contributed by atoms with Gasteiger partial charge in [0.25, 0.3) is 5.91 Å². The highest BCUT2D eigenvalue weighted by molar-refractivity contribution is 6.24. The highest BCUT2D eigenvalue weighted by atomic mass is 35.5. The fraction of sp³-hybridized carbons (Fsp3) is 0.536. The molecule has 234 valence electrons. The topological polar surface area (TPSA) is 168 Å². The molecule has 0 spiro atoms. The van der Waals surface area contributed by atoms with Crippen molar-refractivity contribution in [3.05, 3.63) is 39.7 Å². The number of likely N-dealkylation sites (N-methyl/N-ethyl adjacent to an activating group) is 1. The van der Waals surface area contributed by atoms with Gasteiger partial charge in [0.1, 0.15) is 22.8 Å². The number of rotatable bonds is 5. The van der Waals surface area contributed by atoms with Crippen LogP contribution in [-0.2, 0) is 27.3 Å². The van der Waals surface area contributed by atoms with E-state index in [0.717, 1.165) is 37.2 Å². The molecule has 1 amide bonds. The average molecular weight is 650 g/mol. The van der Waals surface area contributed by atoms with E-state index in [1.165, 1.54) is 4.90 Å². The number of amides is 1. The fourth-order valence-corrected chi connectivity index (χ4v) is 7.23. The van der Waals surface area contributed by atoms with Crippen molar-refractivity contribution < 1.29 is 34.8 Å². The van der Waals surface area contributed by atoms with Crippen molar-refractivity contribution in [2.75, 3.05) is 46.2 Å². The minimum absolute atomic E-state index is 0. The van der Waals surface area contributed by atoms with E-state index in [2.05, 4.69) is 4.90 Å². The first-order chi connectivity index (χ1) is 18.3. The van der Waals surface area contributed by atoms with Crippen LogP contribution in [0.5, 0.6) is 5.75 Å². The number of nitrogens with zero attached hydrogens (tertiary/aromatic N) is 3. The van der Waals surface area contributed by atoms with Gasteiger partial charge in [0.2, 0.25) is 5.78 Å². The molecule has 2 fully saturated rings. The molecule has 1 aliphatic heterocycles. The summed E-state index contributed by atoms with van der Waals surface area (Å²) in [7, 11) is 6.94. The molecule has 0 bridgehead atoms. The lowest BCUT2D eigenvalue weighted by Crippen LogP contribution is -2.65. The first-order valence-corrected chi connectivity index (χ1v) is 13.2. The predicted molar refractivity (Wildman–Crippen MR) is 165 cm³/mol. The van der Waals surface area contributed by atoms with Gasteiger partial charge in [-0.1, -0.05) is 0 Å². The molecule has 1 saturated carbocycles. The van der Waals surface area contributed by atoms with E-state index in [-0.39, 0.29) is 66.9 Å². The Morgan fingerprint density at radius 3 is 2.19 bits per heavy atom. The molecule has 1 aromatic rings. The Hall–Kier alpha value is -2.54. The molecular weight excluding hydrogens is 611 g/mol. The highest BCUT2D eigenvalue weighted by Gasteiger charge is 2.64. The molecule has 42 heavy (non-hydrogen) atoms. The molecule has 1 saturated heterocycles. The van der Waals surface area contributed by atoms with Gasteiger partial charge in [-0.15, -0.1) is 37.2 Å². The van der Waals surface area contributed by atoms with Crippen LogP contribution in [-0.4, -0.2) is 101 Å². The molecule has 0 aromatic heterocycles. The summed E-state index contributed by atoms with van der Waals surface area (Å²) in [5, 5.41) is 45.3. The zero-order valence-corrected chi connectivity index (χ0v) is 26.4. The first-order valence-electron chi connectivity index (χ1n) is 13.2. The molecule has 14 heteroatoms. The van der Waals surface area contributed by atoms with Crippen LogP contribution in [0.2, 0.25) is 0 Å². The number of primary amides is 1. The van der Waals surface area contributed by atoms with Crippen LogP contribution in [0, 0.1) is 11.8 Å². The molecule has 1 heterocycles. The van der Waals surface area contributed by atoms with E-state index in [1.54, 1.807) is 20.2 Å². The Labute approximate surface area is 263 Å². The van der Waals surface area contributed by atoms with Crippen molar-refractivity contribution in [1.82, 2.24) is 9.80 Å². The Morgan fingerprint density at radius 1 is 1.07 bits per heavy atom. The number of hydrogen-bond donors (Lipinski definition) is 5. The molecular formula is C28H39Cl3N4O7. The molecule has 6 N–H and O–H groups in total. The standard InChI is InChI=1S/C28H36N4O7.3ClH/c1-30(2)21-14(12-32-7-5-6-8-32)11-17(33)19-15(21)9-13-10-16-22(31(3)4)24(35)20(27(29)38)26(37)28(16,39)25(36)18(13)23(19)34;;;/h11,13,16,22,33-34,37,39H,5-10,12H2,1-4H3,(H2,29,38);3*1H/t13-,16-,22-,28-;;;/m0.../s1. The SMILES string of the molecule is CN(C)c1c(CN2CCCC2)cc(O)c2c1C[C@H]1C[C@H]3[C@H](N(C)C)C(=O)C(C(N)=O)=C(O)[C@@]3(O)C(=O)C1=C2O.Cl.Cl.Cl. The summed E-state index contributed by atoms with van der Waals surface area (Å²) in [4.78, 5) is 45.1. The molecule has 11 nitrogen and oxygen atoms in total. The van der Waals surface area contributed by atoms with E-state index in [4.69, 9.17) is 5.73 Å². The number of likely N-dealkylation sites (tertiary alicyclic amines) is 1. The minimum Gasteiger partial charge on any atom is -0.508 e.